The van der Waals surface area contributed by atoms with Crippen molar-refractivity contribution in [1.82, 2.24) is 4.98 Å². The van der Waals surface area contributed by atoms with E-state index in [2.05, 4.69) is 4.98 Å². The van der Waals surface area contributed by atoms with Crippen molar-refractivity contribution in [3.05, 3.63) is 83.4 Å². The topological polar surface area (TPSA) is 98.2 Å². The number of aromatic nitrogens is 1. The number of carbonyl (C=O) groups is 2. The summed E-state index contributed by atoms with van der Waals surface area (Å²) in [4.78, 5) is 33.1. The SMILES string of the molecule is CCCOc1ccc(C2/C(=C(\O)c3ccc(OCC)cc3)C(=O)C(=O)N2c2nc3ccc(OCC)cc3s2)cc1. The van der Waals surface area contributed by atoms with E-state index in [-0.39, 0.29) is 11.3 Å². The van der Waals surface area contributed by atoms with Crippen LogP contribution in [0.1, 0.15) is 44.4 Å². The molecule has 206 valence electrons. The highest BCUT2D eigenvalue weighted by molar-refractivity contribution is 7.22. The van der Waals surface area contributed by atoms with Crippen LogP contribution in [-0.4, -0.2) is 41.6 Å². The molecule has 5 rings (SSSR count). The van der Waals surface area contributed by atoms with Crippen LogP contribution in [0.5, 0.6) is 17.2 Å². The van der Waals surface area contributed by atoms with Gasteiger partial charge >= 0.3 is 5.91 Å². The fourth-order valence-corrected chi connectivity index (χ4v) is 5.62. The number of nitrogens with zero attached hydrogens (tertiary/aromatic N) is 2. The van der Waals surface area contributed by atoms with Crippen LogP contribution in [0, 0.1) is 0 Å². The molecule has 1 aliphatic rings. The molecule has 1 fully saturated rings. The monoisotopic (exact) mass is 558 g/mol. The van der Waals surface area contributed by atoms with Gasteiger partial charge in [0.25, 0.3) is 5.78 Å². The lowest BCUT2D eigenvalue weighted by molar-refractivity contribution is -0.132. The number of carbonyl (C=O) groups excluding carboxylic acids is 2. The Morgan fingerprint density at radius 1 is 0.875 bits per heavy atom. The normalized spacial score (nSPS) is 16.5. The van der Waals surface area contributed by atoms with Crippen LogP contribution in [0.15, 0.2) is 72.3 Å². The van der Waals surface area contributed by atoms with Gasteiger partial charge in [-0.3, -0.25) is 14.5 Å². The molecular formula is C31H30N2O6S. The molecule has 1 N–H and O–H groups in total. The largest absolute Gasteiger partial charge is 0.507 e. The first-order valence-corrected chi connectivity index (χ1v) is 14.1. The zero-order valence-electron chi connectivity index (χ0n) is 22.5. The molecule has 1 saturated heterocycles. The number of hydrogen-bond acceptors (Lipinski definition) is 8. The minimum Gasteiger partial charge on any atom is -0.507 e. The van der Waals surface area contributed by atoms with Crippen LogP contribution in [0.4, 0.5) is 5.13 Å². The third kappa shape index (κ3) is 5.24. The van der Waals surface area contributed by atoms with Gasteiger partial charge in [0.1, 0.15) is 23.0 Å². The van der Waals surface area contributed by atoms with Gasteiger partial charge in [-0.2, -0.15) is 0 Å². The average Bonchev–Trinajstić information content (AvgIpc) is 3.50. The van der Waals surface area contributed by atoms with Crippen molar-refractivity contribution in [2.45, 2.75) is 33.2 Å². The van der Waals surface area contributed by atoms with Gasteiger partial charge in [-0.05, 0) is 80.4 Å². The number of thiazole rings is 1. The van der Waals surface area contributed by atoms with Gasteiger partial charge in [0, 0.05) is 5.56 Å². The Kier molecular flexibility index (Phi) is 8.02. The summed E-state index contributed by atoms with van der Waals surface area (Å²) in [5.74, 6) is 0.212. The molecule has 0 radical (unpaired) electrons. The van der Waals surface area contributed by atoms with Crippen LogP contribution < -0.4 is 19.1 Å². The van der Waals surface area contributed by atoms with E-state index in [0.717, 1.165) is 11.1 Å². The first-order valence-electron chi connectivity index (χ1n) is 13.3. The van der Waals surface area contributed by atoms with E-state index in [1.54, 1.807) is 48.5 Å². The molecule has 1 unspecified atom stereocenters. The molecule has 0 saturated carbocycles. The zero-order chi connectivity index (χ0) is 28.2. The zero-order valence-corrected chi connectivity index (χ0v) is 23.4. The second kappa shape index (κ2) is 11.8. The van der Waals surface area contributed by atoms with Crippen LogP contribution in [0.2, 0.25) is 0 Å². The van der Waals surface area contributed by atoms with E-state index in [1.165, 1.54) is 16.2 Å². The predicted molar refractivity (Wildman–Crippen MR) is 155 cm³/mol. The molecule has 9 heteroatoms. The number of amides is 1. The highest BCUT2D eigenvalue weighted by Gasteiger charge is 2.48. The Bertz CT molecular complexity index is 1560. The molecule has 40 heavy (non-hydrogen) atoms. The second-order valence-corrected chi connectivity index (χ2v) is 10.1. The van der Waals surface area contributed by atoms with Gasteiger partial charge in [0.15, 0.2) is 5.13 Å². The molecule has 1 aromatic heterocycles. The lowest BCUT2D eigenvalue weighted by atomic mass is 9.95. The number of hydrogen-bond donors (Lipinski definition) is 1. The number of ether oxygens (including phenoxy) is 3. The van der Waals surface area contributed by atoms with Crippen molar-refractivity contribution in [2.75, 3.05) is 24.7 Å². The van der Waals surface area contributed by atoms with E-state index in [1.807, 2.05) is 39.0 Å². The molecule has 8 nitrogen and oxygen atoms in total. The second-order valence-electron chi connectivity index (χ2n) is 9.10. The third-order valence-corrected chi connectivity index (χ3v) is 7.44. The molecular weight excluding hydrogens is 528 g/mol. The molecule has 0 bridgehead atoms. The van der Waals surface area contributed by atoms with E-state index in [4.69, 9.17) is 14.2 Å². The third-order valence-electron chi connectivity index (χ3n) is 6.42. The molecule has 4 aromatic rings. The van der Waals surface area contributed by atoms with E-state index in [0.29, 0.717) is 58.8 Å². The van der Waals surface area contributed by atoms with E-state index < -0.39 is 17.7 Å². The number of Topliss-reactive ketones (excluding diaryl/α,β-unsaturated/α-hetero) is 1. The summed E-state index contributed by atoms with van der Waals surface area (Å²) < 4.78 is 17.7. The lowest BCUT2D eigenvalue weighted by Gasteiger charge is -2.23. The summed E-state index contributed by atoms with van der Waals surface area (Å²) in [6.45, 7) is 7.42. The van der Waals surface area contributed by atoms with Crippen molar-refractivity contribution in [1.29, 1.82) is 0 Å². The smallest absolute Gasteiger partial charge is 0.301 e. The number of aliphatic hydroxyl groups is 1. The highest BCUT2D eigenvalue weighted by Crippen LogP contribution is 2.45. The molecule has 2 heterocycles. The fraction of sp³-hybridized carbons (Fsp3) is 0.258. The predicted octanol–water partition coefficient (Wildman–Crippen LogP) is 6.51. The summed E-state index contributed by atoms with van der Waals surface area (Å²) in [7, 11) is 0. The van der Waals surface area contributed by atoms with Gasteiger partial charge < -0.3 is 19.3 Å². The summed E-state index contributed by atoms with van der Waals surface area (Å²) in [5, 5.41) is 11.8. The Balaban J connectivity index is 1.63. The summed E-state index contributed by atoms with van der Waals surface area (Å²) in [6.07, 6.45) is 0.868. The van der Waals surface area contributed by atoms with Crippen LogP contribution in [0.25, 0.3) is 16.0 Å². The summed E-state index contributed by atoms with van der Waals surface area (Å²) in [5.41, 5.74) is 1.72. The molecule has 3 aromatic carbocycles. The molecule has 1 amide bonds. The summed E-state index contributed by atoms with van der Waals surface area (Å²) >= 11 is 1.29. The fourth-order valence-electron chi connectivity index (χ4n) is 4.59. The highest BCUT2D eigenvalue weighted by atomic mass is 32.1. The number of benzene rings is 3. The maximum atomic E-state index is 13.6. The van der Waals surface area contributed by atoms with E-state index >= 15 is 0 Å². The quantitative estimate of drug-likeness (QED) is 0.135. The Morgan fingerprint density at radius 3 is 2.17 bits per heavy atom. The van der Waals surface area contributed by atoms with Crippen LogP contribution in [0.3, 0.4) is 0 Å². The van der Waals surface area contributed by atoms with Gasteiger partial charge in [0.05, 0.1) is 41.7 Å². The van der Waals surface area contributed by atoms with Gasteiger partial charge in [0.2, 0.25) is 0 Å². The molecule has 1 aliphatic heterocycles. The standard InChI is InChI=1S/C31H30N2O6S/c1-4-17-39-22-11-7-19(8-12-22)27-26(28(34)20-9-13-21(14-10-20)37-5-2)29(35)30(36)33(27)31-32-24-16-15-23(38-6-3)18-25(24)40-31/h7-16,18,27,34H,4-6,17H2,1-3H3/b28-26+. The number of fused-ring (bicyclic) bond motifs is 1. The first-order chi connectivity index (χ1) is 19.4. The van der Waals surface area contributed by atoms with Crippen molar-refractivity contribution >= 4 is 44.1 Å². The number of anilines is 1. The maximum Gasteiger partial charge on any atom is 0.301 e. The first kappa shape index (κ1) is 27.2. The van der Waals surface area contributed by atoms with Crippen LogP contribution in [-0.2, 0) is 9.59 Å². The van der Waals surface area contributed by atoms with Crippen molar-refractivity contribution < 1.29 is 28.9 Å². The minimum atomic E-state index is -0.890. The molecule has 0 aliphatic carbocycles. The van der Waals surface area contributed by atoms with Crippen molar-refractivity contribution in [2.24, 2.45) is 0 Å². The lowest BCUT2D eigenvalue weighted by Crippen LogP contribution is -2.29. The number of aliphatic hydroxyl groups excluding tert-OH is 1. The Morgan fingerprint density at radius 2 is 1.50 bits per heavy atom. The number of ketones is 1. The van der Waals surface area contributed by atoms with Gasteiger partial charge in [-0.15, -0.1) is 0 Å². The van der Waals surface area contributed by atoms with Crippen molar-refractivity contribution in [3.8, 4) is 17.2 Å². The van der Waals surface area contributed by atoms with Gasteiger partial charge in [-0.25, -0.2) is 4.98 Å². The van der Waals surface area contributed by atoms with Gasteiger partial charge in [-0.1, -0.05) is 30.4 Å². The Hall–Kier alpha value is -4.37. The average molecular weight is 559 g/mol. The summed E-state index contributed by atoms with van der Waals surface area (Å²) in [6, 6.07) is 18.6. The molecule has 1 atom stereocenters. The van der Waals surface area contributed by atoms with E-state index in [9.17, 15) is 14.7 Å². The van der Waals surface area contributed by atoms with Crippen molar-refractivity contribution in [3.63, 3.8) is 0 Å². The Labute approximate surface area is 236 Å². The number of rotatable bonds is 10. The molecule has 0 spiro atoms. The maximum absolute atomic E-state index is 13.6. The van der Waals surface area contributed by atoms with Crippen LogP contribution >= 0.6 is 11.3 Å². The minimum absolute atomic E-state index is 0.00866.